The zero-order valence-electron chi connectivity index (χ0n) is 19.6. The van der Waals surface area contributed by atoms with E-state index in [0.717, 1.165) is 11.1 Å². The molecular formula is C24H40N2O4. The highest BCUT2D eigenvalue weighted by Crippen LogP contribution is 2.08. The van der Waals surface area contributed by atoms with Crippen molar-refractivity contribution in [1.82, 2.24) is 10.6 Å². The van der Waals surface area contributed by atoms with E-state index in [9.17, 15) is 9.59 Å². The normalized spacial score (nSPS) is 9.73. The minimum atomic E-state index is 0.0112. The molecule has 0 heterocycles. The van der Waals surface area contributed by atoms with Crippen LogP contribution in [0.2, 0.25) is 0 Å². The van der Waals surface area contributed by atoms with Crippen LogP contribution in [0.15, 0.2) is 73.3 Å². The summed E-state index contributed by atoms with van der Waals surface area (Å²) in [5, 5.41) is 5.10. The molecule has 0 aliphatic heterocycles. The molecule has 0 aromatic rings. The van der Waals surface area contributed by atoms with Gasteiger partial charge in [-0.3, -0.25) is 9.59 Å². The van der Waals surface area contributed by atoms with Crippen molar-refractivity contribution in [2.24, 2.45) is 0 Å². The van der Waals surface area contributed by atoms with Gasteiger partial charge < -0.3 is 20.1 Å². The van der Waals surface area contributed by atoms with E-state index >= 15 is 0 Å². The summed E-state index contributed by atoms with van der Waals surface area (Å²) in [6.45, 7) is 18.8. The summed E-state index contributed by atoms with van der Waals surface area (Å²) in [5.74, 6) is 1.26. The molecule has 0 aromatic carbocycles. The number of nitrogens with one attached hydrogen (secondary N) is 2. The van der Waals surface area contributed by atoms with Crippen molar-refractivity contribution in [1.29, 1.82) is 0 Å². The first-order valence-corrected chi connectivity index (χ1v) is 9.79. The Balaban J connectivity index is -0.000000448. The van der Waals surface area contributed by atoms with Gasteiger partial charge >= 0.3 is 0 Å². The maximum absolute atomic E-state index is 10.9. The molecule has 0 rings (SSSR count). The number of rotatable bonds is 12. The fourth-order valence-corrected chi connectivity index (χ4v) is 1.63. The summed E-state index contributed by atoms with van der Waals surface area (Å²) in [6.07, 6.45) is 9.08. The molecule has 0 atom stereocenters. The third kappa shape index (κ3) is 21.3. The van der Waals surface area contributed by atoms with Crippen LogP contribution in [-0.2, 0) is 19.1 Å². The summed E-state index contributed by atoms with van der Waals surface area (Å²) in [4.78, 5) is 21.8. The van der Waals surface area contributed by atoms with Crippen LogP contribution >= 0.6 is 0 Å². The van der Waals surface area contributed by atoms with Crippen molar-refractivity contribution < 1.29 is 19.1 Å². The molecule has 2 N–H and O–H groups in total. The van der Waals surface area contributed by atoms with E-state index in [2.05, 4.69) is 36.9 Å². The molecule has 0 aromatic heterocycles. The van der Waals surface area contributed by atoms with Crippen LogP contribution in [0.1, 0.15) is 39.5 Å². The first kappa shape index (κ1) is 31.7. The van der Waals surface area contributed by atoms with Gasteiger partial charge in [-0.15, -0.1) is 0 Å². The van der Waals surface area contributed by atoms with E-state index in [1.54, 1.807) is 52.6 Å². The lowest BCUT2D eigenvalue weighted by atomic mass is 10.1. The molecule has 0 radical (unpaired) electrons. The Bertz CT molecular complexity index is 617. The van der Waals surface area contributed by atoms with Gasteiger partial charge in [-0.25, -0.2) is 0 Å². The lowest BCUT2D eigenvalue weighted by Crippen LogP contribution is -2.17. The predicted molar refractivity (Wildman–Crippen MR) is 127 cm³/mol. The zero-order valence-corrected chi connectivity index (χ0v) is 19.6. The Morgan fingerprint density at radius 3 is 1.63 bits per heavy atom. The van der Waals surface area contributed by atoms with Crippen molar-refractivity contribution in [3.8, 4) is 0 Å². The van der Waals surface area contributed by atoms with Crippen LogP contribution < -0.4 is 10.6 Å². The smallest absolute Gasteiger partial charge is 0.220 e. The van der Waals surface area contributed by atoms with Crippen molar-refractivity contribution in [2.75, 3.05) is 28.3 Å². The number of methoxy groups -OCH3 is 2. The van der Waals surface area contributed by atoms with Crippen molar-refractivity contribution in [3.63, 3.8) is 0 Å². The second-order valence-electron chi connectivity index (χ2n) is 5.62. The van der Waals surface area contributed by atoms with Crippen LogP contribution in [0, 0.1) is 0 Å². The highest BCUT2D eigenvalue weighted by atomic mass is 16.5. The molecule has 0 fully saturated rings. The predicted octanol–water partition coefficient (Wildman–Crippen LogP) is 4.60. The number of carbonyl (C=O) groups excluding carboxylic acids is 2. The molecule has 0 unspecified atom stereocenters. The van der Waals surface area contributed by atoms with E-state index in [4.69, 9.17) is 9.47 Å². The molecule has 0 saturated heterocycles. The summed E-state index contributed by atoms with van der Waals surface area (Å²) in [5.41, 5.74) is 1.73. The van der Waals surface area contributed by atoms with Crippen LogP contribution in [0.3, 0.4) is 0 Å². The molecule has 0 aliphatic rings. The number of ether oxygens (including phenoxy) is 2. The Kier molecular flexibility index (Phi) is 23.5. The number of carbonyl (C=O) groups is 2. The third-order valence-corrected chi connectivity index (χ3v) is 3.45. The first-order valence-electron chi connectivity index (χ1n) is 9.79. The molecule has 0 aliphatic carbocycles. The van der Waals surface area contributed by atoms with Crippen LogP contribution in [0.4, 0.5) is 0 Å². The first-order chi connectivity index (χ1) is 14.2. The lowest BCUT2D eigenvalue weighted by molar-refractivity contribution is -0.121. The minimum Gasteiger partial charge on any atom is -0.497 e. The highest BCUT2D eigenvalue weighted by Gasteiger charge is 1.99. The molecule has 170 valence electrons. The van der Waals surface area contributed by atoms with Gasteiger partial charge in [0.05, 0.1) is 14.2 Å². The number of hydrogen-bond acceptors (Lipinski definition) is 4. The van der Waals surface area contributed by atoms with Gasteiger partial charge in [0.15, 0.2) is 0 Å². The summed E-state index contributed by atoms with van der Waals surface area (Å²) >= 11 is 0. The van der Waals surface area contributed by atoms with Crippen molar-refractivity contribution >= 4 is 11.8 Å². The molecule has 0 bridgehead atoms. The second kappa shape index (κ2) is 22.3. The van der Waals surface area contributed by atoms with Gasteiger partial charge in [-0.2, -0.15) is 0 Å². The third-order valence-electron chi connectivity index (χ3n) is 3.45. The van der Waals surface area contributed by atoms with Gasteiger partial charge in [0.25, 0.3) is 0 Å². The Hall–Kier alpha value is -3.02. The van der Waals surface area contributed by atoms with E-state index < -0.39 is 0 Å². The van der Waals surface area contributed by atoms with Crippen LogP contribution in [-0.4, -0.2) is 40.1 Å². The van der Waals surface area contributed by atoms with Crippen molar-refractivity contribution in [3.05, 3.63) is 73.3 Å². The van der Waals surface area contributed by atoms with Gasteiger partial charge in [0.2, 0.25) is 11.8 Å². The molecule has 30 heavy (non-hydrogen) atoms. The van der Waals surface area contributed by atoms with Crippen LogP contribution in [0.25, 0.3) is 0 Å². The second-order valence-corrected chi connectivity index (χ2v) is 5.62. The highest BCUT2D eigenvalue weighted by molar-refractivity contribution is 5.76. The molecule has 6 heteroatoms. The largest absolute Gasteiger partial charge is 0.497 e. The maximum atomic E-state index is 10.9. The van der Waals surface area contributed by atoms with E-state index in [-0.39, 0.29) is 11.8 Å². The number of allylic oxidation sites excluding steroid dienone is 6. The summed E-state index contributed by atoms with van der Waals surface area (Å²) < 4.78 is 9.83. The Labute approximate surface area is 183 Å². The van der Waals surface area contributed by atoms with Gasteiger partial charge in [-0.05, 0) is 31.1 Å². The SMILES string of the molecule is C=C(/C=C\C(=C)OC)CCC(=O)NC.C=C/C(=C\C(=C)CCC(=O)NC)OC.CC. The fourth-order valence-electron chi connectivity index (χ4n) is 1.63. The van der Waals surface area contributed by atoms with E-state index in [1.165, 1.54) is 0 Å². The zero-order chi connectivity index (χ0) is 23.9. The standard InChI is InChI=1S/2C11H17NO2.C2H6/c1-9(5-7-10(2)14-4)6-8-11(13)12-3;1-5-10(14-4)8-9(2)6-7-11(13)12-3;1-2/h5,7H,1-2,6,8H2,3-4H3,(H,12,13);5,8H,1-2,6-7H2,3-4H3,(H,12,13);1-2H3/b7-5-;10-8+;. The lowest BCUT2D eigenvalue weighted by Gasteiger charge is -2.02. The average molecular weight is 421 g/mol. The van der Waals surface area contributed by atoms with Gasteiger partial charge in [0, 0.05) is 26.9 Å². The Morgan fingerprint density at radius 1 is 0.800 bits per heavy atom. The molecular weight excluding hydrogens is 380 g/mol. The topological polar surface area (TPSA) is 76.7 Å². The van der Waals surface area contributed by atoms with E-state index in [1.807, 2.05) is 13.8 Å². The average Bonchev–Trinajstić information content (AvgIpc) is 2.79. The van der Waals surface area contributed by atoms with Crippen LogP contribution in [0.5, 0.6) is 0 Å². The van der Waals surface area contributed by atoms with Gasteiger partial charge in [-0.1, -0.05) is 57.4 Å². The molecule has 0 spiro atoms. The quantitative estimate of drug-likeness (QED) is 0.357. The minimum absolute atomic E-state index is 0.0112. The summed E-state index contributed by atoms with van der Waals surface area (Å²) in [7, 11) is 6.36. The van der Waals surface area contributed by atoms with Crippen molar-refractivity contribution in [2.45, 2.75) is 39.5 Å². The number of amides is 2. The monoisotopic (exact) mass is 420 g/mol. The Morgan fingerprint density at radius 2 is 1.27 bits per heavy atom. The molecule has 0 saturated carbocycles. The van der Waals surface area contributed by atoms with E-state index in [0.29, 0.717) is 37.2 Å². The maximum Gasteiger partial charge on any atom is 0.220 e. The fraction of sp³-hybridized carbons (Fsp3) is 0.417. The van der Waals surface area contributed by atoms with Gasteiger partial charge in [0.1, 0.15) is 11.5 Å². The summed E-state index contributed by atoms with van der Waals surface area (Å²) in [6, 6.07) is 0. The molecule has 2 amide bonds. The molecule has 6 nitrogen and oxygen atoms in total. The number of hydrogen-bond donors (Lipinski definition) is 2.